The second kappa shape index (κ2) is 8.63. The molecule has 0 aliphatic carbocycles. The van der Waals surface area contributed by atoms with E-state index in [-0.39, 0.29) is 29.7 Å². The van der Waals surface area contributed by atoms with E-state index in [1.807, 2.05) is 0 Å². The lowest BCUT2D eigenvalue weighted by molar-refractivity contribution is -0.274. The van der Waals surface area contributed by atoms with Crippen molar-refractivity contribution in [1.82, 2.24) is 20.4 Å². The van der Waals surface area contributed by atoms with E-state index in [4.69, 9.17) is 4.52 Å². The smallest absolute Gasteiger partial charge is 0.406 e. The Balaban J connectivity index is 1.63. The molecule has 1 atom stereocenters. The summed E-state index contributed by atoms with van der Waals surface area (Å²) in [5, 5.41) is 7.25. The van der Waals surface area contributed by atoms with E-state index in [1.54, 1.807) is 4.90 Å². The predicted molar refractivity (Wildman–Crippen MR) is 101 cm³/mol. The molecule has 0 bridgehead atoms. The molecule has 1 amide bonds. The van der Waals surface area contributed by atoms with Crippen molar-refractivity contribution >= 4 is 5.91 Å². The Kier molecular flexibility index (Phi) is 6.35. The number of benzene rings is 1. The van der Waals surface area contributed by atoms with E-state index in [2.05, 4.69) is 41.0 Å². The van der Waals surface area contributed by atoms with Gasteiger partial charge in [-0.25, -0.2) is 0 Å². The second-order valence-electron chi connectivity index (χ2n) is 8.48. The molecule has 7 nitrogen and oxygen atoms in total. The Bertz CT molecular complexity index is 859. The minimum absolute atomic E-state index is 0.0683. The number of carbonyl (C=O) groups excluding carboxylic acids is 1. The van der Waals surface area contributed by atoms with Gasteiger partial charge in [-0.15, -0.1) is 13.2 Å². The number of carbonyl (C=O) groups is 1. The van der Waals surface area contributed by atoms with Gasteiger partial charge in [0.1, 0.15) is 11.8 Å². The van der Waals surface area contributed by atoms with Crippen LogP contribution in [-0.2, 0) is 17.9 Å². The van der Waals surface area contributed by atoms with E-state index in [0.29, 0.717) is 36.7 Å². The molecule has 1 saturated heterocycles. The summed E-state index contributed by atoms with van der Waals surface area (Å²) < 4.78 is 46.1. The minimum atomic E-state index is -4.74. The first-order valence-corrected chi connectivity index (χ1v) is 9.67. The van der Waals surface area contributed by atoms with Crippen LogP contribution in [0.5, 0.6) is 5.75 Å². The Morgan fingerprint density at radius 3 is 2.57 bits per heavy atom. The summed E-state index contributed by atoms with van der Waals surface area (Å²) in [6.07, 6.45) is -3.85. The molecule has 1 fully saturated rings. The normalized spacial score (nSPS) is 17.6. The molecule has 1 aromatic heterocycles. The fraction of sp³-hybridized carbons (Fsp3) is 0.550. The number of nitrogens with zero attached hydrogens (tertiary/aromatic N) is 3. The molecule has 1 aliphatic heterocycles. The first-order chi connectivity index (χ1) is 14.0. The van der Waals surface area contributed by atoms with E-state index in [0.717, 1.165) is 6.54 Å². The topological polar surface area (TPSA) is 80.5 Å². The van der Waals surface area contributed by atoms with Crippen LogP contribution in [-0.4, -0.2) is 33.9 Å². The summed E-state index contributed by atoms with van der Waals surface area (Å²) in [5.41, 5.74) is 0.804. The van der Waals surface area contributed by atoms with Gasteiger partial charge in [-0.3, -0.25) is 4.79 Å². The molecule has 1 aromatic carbocycles. The second-order valence-corrected chi connectivity index (χ2v) is 8.48. The van der Waals surface area contributed by atoms with Crippen molar-refractivity contribution in [3.05, 3.63) is 41.5 Å². The number of alkyl halides is 3. The molecule has 2 aromatic rings. The lowest BCUT2D eigenvalue weighted by Gasteiger charge is -2.22. The van der Waals surface area contributed by atoms with Crippen molar-refractivity contribution in [2.75, 3.05) is 6.54 Å². The quantitative estimate of drug-likeness (QED) is 0.722. The van der Waals surface area contributed by atoms with E-state index in [1.165, 1.54) is 24.3 Å². The number of likely N-dealkylation sites (tertiary alicyclic amines) is 1. The van der Waals surface area contributed by atoms with Gasteiger partial charge in [-0.05, 0) is 29.5 Å². The van der Waals surface area contributed by atoms with Crippen LogP contribution in [0.2, 0.25) is 0 Å². The third kappa shape index (κ3) is 6.19. The molecule has 2 heterocycles. The molecule has 30 heavy (non-hydrogen) atoms. The number of nitrogens with one attached hydrogen (secondary N) is 1. The number of rotatable bonds is 7. The molecule has 3 rings (SSSR count). The van der Waals surface area contributed by atoms with Crippen molar-refractivity contribution in [2.45, 2.75) is 59.1 Å². The third-order valence-corrected chi connectivity index (χ3v) is 4.55. The number of hydrogen-bond acceptors (Lipinski definition) is 6. The standard InChI is InChI=1S/C20H25F3N4O3/c1-19(2,3)12-24-10-16-25-18(30-26-16)15-8-9-17(28)27(15)11-13-4-6-14(7-5-13)29-20(21,22)23/h4-7,15,24H,8-12H2,1-3H3/t15-/m0/s1. The highest BCUT2D eigenvalue weighted by molar-refractivity contribution is 5.78. The van der Waals surface area contributed by atoms with E-state index >= 15 is 0 Å². The average Bonchev–Trinajstić information content (AvgIpc) is 3.22. The highest BCUT2D eigenvalue weighted by Gasteiger charge is 2.36. The number of hydrogen-bond donors (Lipinski definition) is 1. The molecule has 164 valence electrons. The predicted octanol–water partition coefficient (Wildman–Crippen LogP) is 3.97. The van der Waals surface area contributed by atoms with Crippen LogP contribution < -0.4 is 10.1 Å². The Labute approximate surface area is 172 Å². The van der Waals surface area contributed by atoms with Crippen molar-refractivity contribution in [2.24, 2.45) is 5.41 Å². The number of halogens is 3. The van der Waals surface area contributed by atoms with Gasteiger partial charge in [0, 0.05) is 19.5 Å². The summed E-state index contributed by atoms with van der Waals surface area (Å²) in [4.78, 5) is 18.4. The fourth-order valence-electron chi connectivity index (χ4n) is 3.21. The van der Waals surface area contributed by atoms with Gasteiger partial charge in [0.15, 0.2) is 5.82 Å². The lowest BCUT2D eigenvalue weighted by Crippen LogP contribution is -2.28. The zero-order valence-corrected chi connectivity index (χ0v) is 17.1. The SMILES string of the molecule is CC(C)(C)CNCc1noc([C@@H]2CCC(=O)N2Cc2ccc(OC(F)(F)F)cc2)n1. The maximum atomic E-state index is 12.4. The van der Waals surface area contributed by atoms with Gasteiger partial charge < -0.3 is 19.5 Å². The lowest BCUT2D eigenvalue weighted by atomic mass is 9.97. The Morgan fingerprint density at radius 2 is 1.93 bits per heavy atom. The Hall–Kier alpha value is -2.62. The highest BCUT2D eigenvalue weighted by Crippen LogP contribution is 2.33. The number of ether oxygens (including phenoxy) is 1. The molecular formula is C20H25F3N4O3. The molecule has 0 saturated carbocycles. The molecular weight excluding hydrogens is 401 g/mol. The van der Waals surface area contributed by atoms with Gasteiger partial charge in [0.25, 0.3) is 0 Å². The third-order valence-electron chi connectivity index (χ3n) is 4.55. The van der Waals surface area contributed by atoms with Crippen LogP contribution >= 0.6 is 0 Å². The van der Waals surface area contributed by atoms with Crippen LogP contribution in [0.3, 0.4) is 0 Å². The van der Waals surface area contributed by atoms with Crippen LogP contribution in [0.4, 0.5) is 13.2 Å². The molecule has 0 unspecified atom stereocenters. The molecule has 0 spiro atoms. The van der Waals surface area contributed by atoms with Crippen LogP contribution in [0, 0.1) is 5.41 Å². The first kappa shape index (κ1) is 22.1. The van der Waals surface area contributed by atoms with Crippen molar-refractivity contribution in [1.29, 1.82) is 0 Å². The minimum Gasteiger partial charge on any atom is -0.406 e. The van der Waals surface area contributed by atoms with Crippen molar-refractivity contribution < 1.29 is 27.2 Å². The zero-order chi connectivity index (χ0) is 21.9. The molecule has 1 aliphatic rings. The van der Waals surface area contributed by atoms with Gasteiger partial charge in [0.05, 0.1) is 6.54 Å². The Morgan fingerprint density at radius 1 is 1.23 bits per heavy atom. The fourth-order valence-corrected chi connectivity index (χ4v) is 3.21. The summed E-state index contributed by atoms with van der Waals surface area (Å²) in [6, 6.07) is 5.10. The van der Waals surface area contributed by atoms with Gasteiger partial charge >= 0.3 is 6.36 Å². The largest absolute Gasteiger partial charge is 0.573 e. The number of aromatic nitrogens is 2. The molecule has 1 N–H and O–H groups in total. The van der Waals surface area contributed by atoms with Gasteiger partial charge in [-0.2, -0.15) is 4.98 Å². The summed E-state index contributed by atoms with van der Waals surface area (Å²) in [5.74, 6) is 0.508. The van der Waals surface area contributed by atoms with Crippen LogP contribution in [0.25, 0.3) is 0 Å². The van der Waals surface area contributed by atoms with Crippen molar-refractivity contribution in [3.8, 4) is 5.75 Å². The van der Waals surface area contributed by atoms with E-state index < -0.39 is 6.36 Å². The van der Waals surface area contributed by atoms with E-state index in [9.17, 15) is 18.0 Å². The molecule has 10 heteroatoms. The van der Waals surface area contributed by atoms with Gasteiger partial charge in [-0.1, -0.05) is 38.1 Å². The summed E-state index contributed by atoms with van der Waals surface area (Å²) in [6.45, 7) is 7.83. The zero-order valence-electron chi connectivity index (χ0n) is 17.1. The maximum Gasteiger partial charge on any atom is 0.573 e. The van der Waals surface area contributed by atoms with Crippen LogP contribution in [0.1, 0.15) is 56.9 Å². The molecule has 0 radical (unpaired) electrons. The summed E-state index contributed by atoms with van der Waals surface area (Å²) >= 11 is 0. The first-order valence-electron chi connectivity index (χ1n) is 9.67. The van der Waals surface area contributed by atoms with Crippen molar-refractivity contribution in [3.63, 3.8) is 0 Å². The number of amides is 1. The summed E-state index contributed by atoms with van der Waals surface area (Å²) in [7, 11) is 0. The van der Waals surface area contributed by atoms with Crippen LogP contribution in [0.15, 0.2) is 28.8 Å². The monoisotopic (exact) mass is 426 g/mol. The van der Waals surface area contributed by atoms with Gasteiger partial charge in [0.2, 0.25) is 11.8 Å². The highest BCUT2D eigenvalue weighted by atomic mass is 19.4. The maximum absolute atomic E-state index is 12.4. The average molecular weight is 426 g/mol.